The summed E-state index contributed by atoms with van der Waals surface area (Å²) in [6.07, 6.45) is 0. The van der Waals surface area contributed by atoms with Crippen molar-refractivity contribution < 1.29 is 18.8 Å². The Morgan fingerprint density at radius 1 is 0.868 bits per heavy atom. The van der Waals surface area contributed by atoms with E-state index in [0.29, 0.717) is 23.5 Å². The zero-order valence-corrected chi connectivity index (χ0v) is 21.1. The lowest BCUT2D eigenvalue weighted by Gasteiger charge is -2.14. The Morgan fingerprint density at radius 2 is 1.50 bits per heavy atom. The second-order valence-corrected chi connectivity index (χ2v) is 9.11. The number of aryl methyl sites for hydroxylation is 1. The molecule has 4 aromatic carbocycles. The van der Waals surface area contributed by atoms with Gasteiger partial charge in [0.1, 0.15) is 19.0 Å². The molecule has 0 unspecified atom stereocenters. The van der Waals surface area contributed by atoms with E-state index >= 15 is 0 Å². The Kier molecular flexibility index (Phi) is 7.11. The van der Waals surface area contributed by atoms with Crippen molar-refractivity contribution in [3.63, 3.8) is 0 Å². The summed E-state index contributed by atoms with van der Waals surface area (Å²) >= 11 is 6.54. The minimum absolute atomic E-state index is 0.0434. The van der Waals surface area contributed by atoms with Crippen molar-refractivity contribution in [3.05, 3.63) is 133 Å². The fourth-order valence-corrected chi connectivity index (χ4v) is 4.32. The predicted octanol–water partition coefficient (Wildman–Crippen LogP) is 7.49. The zero-order chi connectivity index (χ0) is 26.6. The SMILES string of the molecule is Cc1cc([N+](=O)[O-])c2oc(-c3ccc(OCc4ccccc4)c(Cl)c3)c(OCc3ccccc3)c(=O)c2c1. The van der Waals surface area contributed by atoms with Gasteiger partial charge in [-0.3, -0.25) is 14.9 Å². The van der Waals surface area contributed by atoms with Gasteiger partial charge in [-0.05, 0) is 47.9 Å². The molecule has 0 amide bonds. The molecule has 7 nitrogen and oxygen atoms in total. The summed E-state index contributed by atoms with van der Waals surface area (Å²) < 4.78 is 17.9. The molecule has 0 bridgehead atoms. The highest BCUT2D eigenvalue weighted by Gasteiger charge is 2.24. The van der Waals surface area contributed by atoms with Gasteiger partial charge in [0, 0.05) is 11.6 Å². The molecule has 38 heavy (non-hydrogen) atoms. The summed E-state index contributed by atoms with van der Waals surface area (Å²) in [6, 6.07) is 26.8. The minimum atomic E-state index is -0.569. The third-order valence-electron chi connectivity index (χ3n) is 5.93. The molecule has 0 saturated carbocycles. The zero-order valence-electron chi connectivity index (χ0n) is 20.3. The molecule has 0 radical (unpaired) electrons. The molecular formula is C30H22ClNO6. The van der Waals surface area contributed by atoms with Crippen LogP contribution in [0, 0.1) is 17.0 Å². The minimum Gasteiger partial charge on any atom is -0.487 e. The molecule has 1 aromatic heterocycles. The smallest absolute Gasteiger partial charge is 0.312 e. The van der Waals surface area contributed by atoms with Crippen LogP contribution in [0.5, 0.6) is 11.5 Å². The van der Waals surface area contributed by atoms with Crippen molar-refractivity contribution in [2.75, 3.05) is 0 Å². The van der Waals surface area contributed by atoms with E-state index in [1.54, 1.807) is 31.2 Å². The van der Waals surface area contributed by atoms with E-state index in [1.807, 2.05) is 60.7 Å². The number of benzene rings is 4. The summed E-state index contributed by atoms with van der Waals surface area (Å²) in [6.45, 7) is 2.10. The molecule has 1 heterocycles. The first-order valence-corrected chi connectivity index (χ1v) is 12.2. The molecule has 0 saturated heterocycles. The van der Waals surface area contributed by atoms with Gasteiger partial charge in [-0.25, -0.2) is 0 Å². The summed E-state index contributed by atoms with van der Waals surface area (Å²) in [4.78, 5) is 24.8. The highest BCUT2D eigenvalue weighted by atomic mass is 35.5. The number of rotatable bonds is 8. The summed E-state index contributed by atoms with van der Waals surface area (Å²) in [5.74, 6) is 0.424. The molecule has 0 N–H and O–H groups in total. The highest BCUT2D eigenvalue weighted by Crippen LogP contribution is 2.38. The number of hydrogen-bond acceptors (Lipinski definition) is 6. The number of hydrogen-bond donors (Lipinski definition) is 0. The second-order valence-electron chi connectivity index (χ2n) is 8.70. The van der Waals surface area contributed by atoms with Gasteiger partial charge in [-0.2, -0.15) is 0 Å². The number of nitro benzene ring substituents is 1. The normalized spacial score (nSPS) is 10.9. The summed E-state index contributed by atoms with van der Waals surface area (Å²) in [5.41, 5.74) is 1.85. The molecule has 5 rings (SSSR count). The summed E-state index contributed by atoms with van der Waals surface area (Å²) in [7, 11) is 0. The van der Waals surface area contributed by atoms with Crippen molar-refractivity contribution in [1.29, 1.82) is 0 Å². The van der Waals surface area contributed by atoms with Crippen LogP contribution in [0.3, 0.4) is 0 Å². The monoisotopic (exact) mass is 527 g/mol. The average molecular weight is 528 g/mol. The molecular weight excluding hydrogens is 506 g/mol. The summed E-state index contributed by atoms with van der Waals surface area (Å²) in [5, 5.41) is 12.1. The Balaban J connectivity index is 1.59. The quantitative estimate of drug-likeness (QED) is 0.153. The van der Waals surface area contributed by atoms with E-state index in [1.165, 1.54) is 6.07 Å². The van der Waals surface area contributed by atoms with Gasteiger partial charge < -0.3 is 13.9 Å². The van der Waals surface area contributed by atoms with E-state index in [2.05, 4.69) is 0 Å². The Hall–Kier alpha value is -4.62. The van der Waals surface area contributed by atoms with Crippen LogP contribution >= 0.6 is 11.6 Å². The first kappa shape index (κ1) is 25.0. The maximum Gasteiger partial charge on any atom is 0.312 e. The van der Waals surface area contributed by atoms with Gasteiger partial charge >= 0.3 is 5.69 Å². The standard InChI is InChI=1S/C30H22ClNO6/c1-19-14-23-27(33)30(37-18-21-10-6-3-7-11-21)28(38-29(23)25(15-19)32(34)35)22-12-13-26(24(31)16-22)36-17-20-8-4-2-5-9-20/h2-16H,17-18H2,1H3. The highest BCUT2D eigenvalue weighted by molar-refractivity contribution is 6.32. The van der Waals surface area contributed by atoms with Gasteiger partial charge in [0.2, 0.25) is 16.8 Å². The lowest BCUT2D eigenvalue weighted by atomic mass is 10.1. The van der Waals surface area contributed by atoms with Crippen LogP contribution in [0.2, 0.25) is 5.02 Å². The largest absolute Gasteiger partial charge is 0.487 e. The fourth-order valence-electron chi connectivity index (χ4n) is 4.08. The van der Waals surface area contributed by atoms with E-state index in [0.717, 1.165) is 11.1 Å². The first-order valence-electron chi connectivity index (χ1n) is 11.8. The van der Waals surface area contributed by atoms with Crippen molar-refractivity contribution in [2.24, 2.45) is 0 Å². The number of fused-ring (bicyclic) bond motifs is 1. The predicted molar refractivity (Wildman–Crippen MR) is 146 cm³/mol. The molecule has 0 atom stereocenters. The molecule has 0 aliphatic heterocycles. The van der Waals surface area contributed by atoms with Crippen LogP contribution in [0.15, 0.2) is 100 Å². The number of non-ortho nitro benzene ring substituents is 1. The van der Waals surface area contributed by atoms with Gasteiger partial charge in [0.25, 0.3) is 0 Å². The number of halogens is 1. The van der Waals surface area contributed by atoms with Crippen LogP contribution in [-0.4, -0.2) is 4.92 Å². The second kappa shape index (κ2) is 10.8. The van der Waals surface area contributed by atoms with E-state index in [9.17, 15) is 14.9 Å². The van der Waals surface area contributed by atoms with Crippen LogP contribution in [0.1, 0.15) is 16.7 Å². The van der Waals surface area contributed by atoms with E-state index in [-0.39, 0.29) is 39.8 Å². The molecule has 0 fully saturated rings. The van der Waals surface area contributed by atoms with Crippen LogP contribution in [0.4, 0.5) is 5.69 Å². The maximum atomic E-state index is 13.6. The molecule has 0 spiro atoms. The van der Waals surface area contributed by atoms with E-state index < -0.39 is 10.4 Å². The maximum absolute atomic E-state index is 13.6. The Labute approximate surface area is 223 Å². The van der Waals surface area contributed by atoms with Crippen LogP contribution < -0.4 is 14.9 Å². The first-order chi connectivity index (χ1) is 18.4. The number of ether oxygens (including phenoxy) is 2. The molecule has 190 valence electrons. The van der Waals surface area contributed by atoms with Crippen molar-refractivity contribution in [2.45, 2.75) is 20.1 Å². The van der Waals surface area contributed by atoms with Crippen molar-refractivity contribution >= 4 is 28.3 Å². The fraction of sp³-hybridized carbons (Fsp3) is 0.100. The molecule has 8 heteroatoms. The number of nitro groups is 1. The van der Waals surface area contributed by atoms with Gasteiger partial charge in [-0.15, -0.1) is 0 Å². The number of nitrogens with zero attached hydrogens (tertiary/aromatic N) is 1. The Bertz CT molecular complexity index is 1680. The average Bonchev–Trinajstić information content (AvgIpc) is 2.92. The van der Waals surface area contributed by atoms with Crippen molar-refractivity contribution in [3.8, 4) is 22.8 Å². The lowest BCUT2D eigenvalue weighted by molar-refractivity contribution is -0.383. The van der Waals surface area contributed by atoms with Gasteiger partial charge in [-0.1, -0.05) is 72.3 Å². The third-order valence-corrected chi connectivity index (χ3v) is 6.22. The van der Waals surface area contributed by atoms with Crippen LogP contribution in [-0.2, 0) is 13.2 Å². The topological polar surface area (TPSA) is 91.8 Å². The molecule has 5 aromatic rings. The third kappa shape index (κ3) is 5.23. The van der Waals surface area contributed by atoms with Gasteiger partial charge in [0.05, 0.1) is 15.3 Å². The molecule has 0 aliphatic rings. The molecule has 0 aliphatic carbocycles. The Morgan fingerprint density at radius 3 is 2.11 bits per heavy atom. The van der Waals surface area contributed by atoms with Crippen LogP contribution in [0.25, 0.3) is 22.3 Å². The van der Waals surface area contributed by atoms with Gasteiger partial charge in [0.15, 0.2) is 5.76 Å². The lowest BCUT2D eigenvalue weighted by Crippen LogP contribution is -2.11. The van der Waals surface area contributed by atoms with E-state index in [4.69, 9.17) is 25.5 Å². The van der Waals surface area contributed by atoms with Crippen molar-refractivity contribution in [1.82, 2.24) is 0 Å².